The summed E-state index contributed by atoms with van der Waals surface area (Å²) in [5, 5.41) is 12.7. The molecule has 0 radical (unpaired) electrons. The second-order valence-corrected chi connectivity index (χ2v) is 5.79. The predicted molar refractivity (Wildman–Crippen MR) is 74.6 cm³/mol. The molecule has 1 aromatic heterocycles. The maximum absolute atomic E-state index is 12.5. The van der Waals surface area contributed by atoms with Crippen molar-refractivity contribution in [3.63, 3.8) is 0 Å². The minimum absolute atomic E-state index is 0.0637. The van der Waals surface area contributed by atoms with E-state index in [4.69, 9.17) is 5.11 Å². The van der Waals surface area contributed by atoms with Crippen molar-refractivity contribution in [2.24, 2.45) is 0 Å². The average molecular weight is 281 g/mol. The van der Waals surface area contributed by atoms with Crippen molar-refractivity contribution in [3.05, 3.63) is 21.9 Å². The number of carbonyl (C=O) groups excluding carboxylic acids is 1. The van der Waals surface area contributed by atoms with Crippen LogP contribution < -0.4 is 0 Å². The molecule has 1 saturated heterocycles. The third-order valence-corrected chi connectivity index (χ3v) is 4.53. The van der Waals surface area contributed by atoms with Crippen LogP contribution in [0.4, 0.5) is 0 Å². The summed E-state index contributed by atoms with van der Waals surface area (Å²) < 4.78 is 0. The normalized spacial score (nSPS) is 19.4. The van der Waals surface area contributed by atoms with Crippen molar-refractivity contribution >= 4 is 23.2 Å². The Morgan fingerprint density at radius 3 is 2.84 bits per heavy atom. The van der Waals surface area contributed by atoms with Gasteiger partial charge in [0.1, 0.15) is 0 Å². The Kier molecular flexibility index (Phi) is 4.58. The van der Waals surface area contributed by atoms with E-state index < -0.39 is 5.97 Å². The number of hydrogen-bond donors (Lipinski definition) is 1. The summed E-state index contributed by atoms with van der Waals surface area (Å²) in [7, 11) is 0. The Bertz CT molecular complexity index is 469. The van der Waals surface area contributed by atoms with Crippen molar-refractivity contribution in [1.29, 1.82) is 0 Å². The van der Waals surface area contributed by atoms with E-state index in [1.807, 2.05) is 22.6 Å². The van der Waals surface area contributed by atoms with Crippen molar-refractivity contribution < 1.29 is 14.7 Å². The molecule has 0 spiro atoms. The number of hydrogen-bond acceptors (Lipinski definition) is 3. The van der Waals surface area contributed by atoms with Crippen LogP contribution in [0.1, 0.15) is 48.0 Å². The van der Waals surface area contributed by atoms with Crippen LogP contribution in [-0.4, -0.2) is 34.5 Å². The van der Waals surface area contributed by atoms with Gasteiger partial charge in [0.25, 0.3) is 5.91 Å². The molecule has 2 rings (SSSR count). The Morgan fingerprint density at radius 2 is 2.21 bits per heavy atom. The van der Waals surface area contributed by atoms with Gasteiger partial charge in [-0.05, 0) is 43.6 Å². The molecule has 0 bridgehead atoms. The molecular formula is C14H19NO3S. The Balaban J connectivity index is 2.08. The molecule has 1 aromatic rings. The molecule has 1 aliphatic rings. The minimum atomic E-state index is -0.787. The van der Waals surface area contributed by atoms with Crippen LogP contribution in [0.2, 0.25) is 0 Å². The summed E-state index contributed by atoms with van der Waals surface area (Å²) in [4.78, 5) is 25.1. The number of likely N-dealkylation sites (tertiary alicyclic amines) is 1. The SMILES string of the molecule is Cc1cscc1C(=O)N1CCCCC1CCC(=O)O. The standard InChI is InChI=1S/C14H19NO3S/c1-10-8-19-9-12(10)14(18)15-7-3-2-4-11(15)5-6-13(16)17/h8-9,11H,2-7H2,1H3,(H,16,17). The van der Waals surface area contributed by atoms with Crippen molar-refractivity contribution in [2.75, 3.05) is 6.54 Å². The molecule has 1 unspecified atom stereocenters. The number of carboxylic acids is 1. The smallest absolute Gasteiger partial charge is 0.303 e. The zero-order valence-corrected chi connectivity index (χ0v) is 11.9. The first kappa shape index (κ1) is 14.1. The number of nitrogens with zero attached hydrogens (tertiary/aromatic N) is 1. The summed E-state index contributed by atoms with van der Waals surface area (Å²) in [6, 6.07) is 0.0802. The molecule has 1 aliphatic heterocycles. The lowest BCUT2D eigenvalue weighted by Crippen LogP contribution is -2.44. The number of rotatable bonds is 4. The largest absolute Gasteiger partial charge is 0.481 e. The van der Waals surface area contributed by atoms with Gasteiger partial charge in [0, 0.05) is 24.4 Å². The molecule has 0 aliphatic carbocycles. The zero-order valence-electron chi connectivity index (χ0n) is 11.1. The van der Waals surface area contributed by atoms with E-state index in [1.54, 1.807) is 0 Å². The summed E-state index contributed by atoms with van der Waals surface area (Å²) in [6.45, 7) is 2.69. The average Bonchev–Trinajstić information content (AvgIpc) is 2.82. The highest BCUT2D eigenvalue weighted by molar-refractivity contribution is 7.08. The van der Waals surface area contributed by atoms with Gasteiger partial charge >= 0.3 is 5.97 Å². The molecule has 104 valence electrons. The van der Waals surface area contributed by atoms with Crippen molar-refractivity contribution in [2.45, 2.75) is 45.1 Å². The molecule has 19 heavy (non-hydrogen) atoms. The second-order valence-electron chi connectivity index (χ2n) is 5.05. The van der Waals surface area contributed by atoms with Gasteiger partial charge in [0.05, 0.1) is 5.56 Å². The molecule has 1 fully saturated rings. The Hall–Kier alpha value is -1.36. The quantitative estimate of drug-likeness (QED) is 0.923. The summed E-state index contributed by atoms with van der Waals surface area (Å²) in [5.74, 6) is -0.724. The number of aliphatic carboxylic acids is 1. The maximum Gasteiger partial charge on any atom is 0.303 e. The van der Waals surface area contributed by atoms with Crippen LogP contribution in [0, 0.1) is 6.92 Å². The number of carbonyl (C=O) groups is 2. The predicted octanol–water partition coefficient (Wildman–Crippen LogP) is 2.92. The Morgan fingerprint density at radius 1 is 1.42 bits per heavy atom. The van der Waals surface area contributed by atoms with Crippen LogP contribution >= 0.6 is 11.3 Å². The number of aryl methyl sites for hydroxylation is 1. The molecule has 5 heteroatoms. The second kappa shape index (κ2) is 6.19. The van der Waals surface area contributed by atoms with E-state index in [0.29, 0.717) is 6.42 Å². The van der Waals surface area contributed by atoms with E-state index in [0.717, 1.165) is 36.9 Å². The molecule has 0 aromatic carbocycles. The van der Waals surface area contributed by atoms with Gasteiger partial charge in [0.15, 0.2) is 0 Å². The molecule has 1 atom stereocenters. The Labute approximate surface area is 117 Å². The molecule has 1 N–H and O–H groups in total. The third kappa shape index (κ3) is 3.35. The zero-order chi connectivity index (χ0) is 13.8. The highest BCUT2D eigenvalue weighted by atomic mass is 32.1. The van der Waals surface area contributed by atoms with Gasteiger partial charge in [-0.25, -0.2) is 0 Å². The summed E-state index contributed by atoms with van der Waals surface area (Å²) in [5.41, 5.74) is 1.78. The first-order valence-electron chi connectivity index (χ1n) is 6.65. The lowest BCUT2D eigenvalue weighted by molar-refractivity contribution is -0.137. The number of carboxylic acid groups (broad SMARTS) is 1. The van der Waals surface area contributed by atoms with E-state index >= 15 is 0 Å². The van der Waals surface area contributed by atoms with Crippen molar-refractivity contribution in [3.8, 4) is 0 Å². The molecule has 0 saturated carbocycles. The number of piperidine rings is 1. The van der Waals surface area contributed by atoms with Crippen molar-refractivity contribution in [1.82, 2.24) is 4.90 Å². The maximum atomic E-state index is 12.5. The number of thiophene rings is 1. The lowest BCUT2D eigenvalue weighted by Gasteiger charge is -2.35. The van der Waals surface area contributed by atoms with Gasteiger partial charge < -0.3 is 10.0 Å². The summed E-state index contributed by atoms with van der Waals surface area (Å²) >= 11 is 1.54. The molecular weight excluding hydrogens is 262 g/mol. The van der Waals surface area contributed by atoms with Crippen LogP contribution in [-0.2, 0) is 4.79 Å². The van der Waals surface area contributed by atoms with E-state index in [9.17, 15) is 9.59 Å². The van der Waals surface area contributed by atoms with Crippen LogP contribution in [0.25, 0.3) is 0 Å². The van der Waals surface area contributed by atoms with Gasteiger partial charge in [-0.2, -0.15) is 11.3 Å². The van der Waals surface area contributed by atoms with Crippen LogP contribution in [0.5, 0.6) is 0 Å². The topological polar surface area (TPSA) is 57.6 Å². The minimum Gasteiger partial charge on any atom is -0.481 e. The molecule has 2 heterocycles. The highest BCUT2D eigenvalue weighted by Gasteiger charge is 2.28. The first-order valence-corrected chi connectivity index (χ1v) is 7.59. The lowest BCUT2D eigenvalue weighted by atomic mass is 9.97. The highest BCUT2D eigenvalue weighted by Crippen LogP contribution is 2.25. The van der Waals surface area contributed by atoms with Gasteiger partial charge in [-0.3, -0.25) is 9.59 Å². The van der Waals surface area contributed by atoms with Gasteiger partial charge in [-0.15, -0.1) is 0 Å². The van der Waals surface area contributed by atoms with Crippen LogP contribution in [0.3, 0.4) is 0 Å². The summed E-state index contributed by atoms with van der Waals surface area (Å²) in [6.07, 6.45) is 3.71. The van der Waals surface area contributed by atoms with E-state index in [-0.39, 0.29) is 18.4 Å². The van der Waals surface area contributed by atoms with Gasteiger partial charge in [0.2, 0.25) is 0 Å². The fourth-order valence-corrected chi connectivity index (χ4v) is 3.41. The third-order valence-electron chi connectivity index (χ3n) is 3.67. The fraction of sp³-hybridized carbons (Fsp3) is 0.571. The molecule has 1 amide bonds. The van der Waals surface area contributed by atoms with Crippen LogP contribution in [0.15, 0.2) is 10.8 Å². The number of amides is 1. The first-order chi connectivity index (χ1) is 9.09. The fourth-order valence-electron chi connectivity index (χ4n) is 2.59. The van der Waals surface area contributed by atoms with E-state index in [2.05, 4.69) is 0 Å². The van der Waals surface area contributed by atoms with Gasteiger partial charge in [-0.1, -0.05) is 0 Å². The van der Waals surface area contributed by atoms with E-state index in [1.165, 1.54) is 11.3 Å². The molecule has 4 nitrogen and oxygen atoms in total. The monoisotopic (exact) mass is 281 g/mol.